The van der Waals surface area contributed by atoms with Crippen LogP contribution in [0, 0.1) is 0 Å². The molecule has 2 rings (SSSR count). The number of hydrogen-bond donors (Lipinski definition) is 2. The Morgan fingerprint density at radius 2 is 1.90 bits per heavy atom. The molecule has 0 radical (unpaired) electrons. The summed E-state index contributed by atoms with van der Waals surface area (Å²) in [5, 5.41) is 3.71. The van der Waals surface area contributed by atoms with E-state index in [9.17, 15) is 4.79 Å². The van der Waals surface area contributed by atoms with Gasteiger partial charge in [0.1, 0.15) is 0 Å². The van der Waals surface area contributed by atoms with Gasteiger partial charge in [-0.05, 0) is 42.8 Å². The Morgan fingerprint density at radius 3 is 2.60 bits per heavy atom. The van der Waals surface area contributed by atoms with Crippen LogP contribution in [0.3, 0.4) is 0 Å². The summed E-state index contributed by atoms with van der Waals surface area (Å²) in [7, 11) is 0. The second-order valence-corrected chi connectivity index (χ2v) is 5.12. The lowest BCUT2D eigenvalue weighted by Gasteiger charge is -2.10. The van der Waals surface area contributed by atoms with Gasteiger partial charge in [-0.3, -0.25) is 4.79 Å². The van der Waals surface area contributed by atoms with Crippen LogP contribution in [0.1, 0.15) is 15.9 Å². The molecule has 3 N–H and O–H groups in total. The van der Waals surface area contributed by atoms with E-state index in [1.54, 1.807) is 24.3 Å². The second-order valence-electron chi connectivity index (χ2n) is 4.27. The van der Waals surface area contributed by atoms with Crippen molar-refractivity contribution in [2.45, 2.75) is 6.42 Å². The van der Waals surface area contributed by atoms with E-state index in [-0.39, 0.29) is 5.91 Å². The van der Waals surface area contributed by atoms with Gasteiger partial charge in [0.05, 0.1) is 10.7 Å². The lowest BCUT2D eigenvalue weighted by Crippen LogP contribution is -2.16. The first-order chi connectivity index (χ1) is 9.61. The predicted octanol–water partition coefficient (Wildman–Crippen LogP) is 3.75. The number of nitrogens with one attached hydrogen (secondary N) is 1. The number of hydrogen-bond acceptors (Lipinski definition) is 2. The number of rotatable bonds is 4. The van der Waals surface area contributed by atoms with Crippen molar-refractivity contribution in [3.05, 3.63) is 63.6 Å². The van der Waals surface area contributed by atoms with Crippen molar-refractivity contribution in [1.82, 2.24) is 0 Å². The third kappa shape index (κ3) is 3.51. The van der Waals surface area contributed by atoms with Gasteiger partial charge < -0.3 is 11.1 Å². The second kappa shape index (κ2) is 6.75. The van der Waals surface area contributed by atoms with E-state index < -0.39 is 0 Å². The van der Waals surface area contributed by atoms with Crippen LogP contribution in [0.25, 0.3) is 0 Å². The highest BCUT2D eigenvalue weighted by Gasteiger charge is 2.12. The number of anilines is 1. The van der Waals surface area contributed by atoms with E-state index in [4.69, 9.17) is 28.9 Å². The Labute approximate surface area is 127 Å². The van der Waals surface area contributed by atoms with Crippen LogP contribution in [0.4, 0.5) is 5.69 Å². The fourth-order valence-corrected chi connectivity index (χ4v) is 2.35. The molecular weight excluding hydrogens is 295 g/mol. The highest BCUT2D eigenvalue weighted by Crippen LogP contribution is 2.26. The minimum atomic E-state index is -0.210. The molecule has 20 heavy (non-hydrogen) atoms. The lowest BCUT2D eigenvalue weighted by molar-refractivity contribution is 0.102. The molecule has 0 heterocycles. The molecule has 0 saturated heterocycles. The van der Waals surface area contributed by atoms with Crippen LogP contribution < -0.4 is 11.1 Å². The molecule has 0 fully saturated rings. The monoisotopic (exact) mass is 308 g/mol. The topological polar surface area (TPSA) is 55.1 Å². The highest BCUT2D eigenvalue weighted by molar-refractivity contribution is 6.36. The van der Waals surface area contributed by atoms with Gasteiger partial charge in [0.25, 0.3) is 5.91 Å². The maximum absolute atomic E-state index is 12.3. The highest BCUT2D eigenvalue weighted by atomic mass is 35.5. The Morgan fingerprint density at radius 1 is 1.15 bits per heavy atom. The van der Waals surface area contributed by atoms with Crippen molar-refractivity contribution in [3.63, 3.8) is 0 Å². The van der Waals surface area contributed by atoms with Gasteiger partial charge >= 0.3 is 0 Å². The standard InChI is InChI=1S/C15H14Cl2N2O/c16-11-5-6-14(13(17)9-11)19-15(20)12-4-2-1-3-10(12)7-8-18/h1-6,9H,7-8,18H2,(H,19,20). The van der Waals surface area contributed by atoms with E-state index >= 15 is 0 Å². The van der Waals surface area contributed by atoms with Crippen LogP contribution in [0.15, 0.2) is 42.5 Å². The normalized spacial score (nSPS) is 10.3. The van der Waals surface area contributed by atoms with Crippen molar-refractivity contribution in [3.8, 4) is 0 Å². The number of carbonyl (C=O) groups excluding carboxylic acids is 1. The molecule has 2 aromatic carbocycles. The van der Waals surface area contributed by atoms with Gasteiger partial charge in [-0.2, -0.15) is 0 Å². The van der Waals surface area contributed by atoms with Crippen LogP contribution in [-0.4, -0.2) is 12.5 Å². The number of amides is 1. The molecule has 0 aliphatic heterocycles. The molecule has 5 heteroatoms. The molecule has 0 aliphatic rings. The smallest absolute Gasteiger partial charge is 0.255 e. The summed E-state index contributed by atoms with van der Waals surface area (Å²) in [5.74, 6) is -0.210. The van der Waals surface area contributed by atoms with Crippen molar-refractivity contribution in [1.29, 1.82) is 0 Å². The van der Waals surface area contributed by atoms with Gasteiger partial charge in [0.15, 0.2) is 0 Å². The van der Waals surface area contributed by atoms with E-state index in [0.717, 1.165) is 5.56 Å². The Bertz CT molecular complexity index is 629. The average Bonchev–Trinajstić information content (AvgIpc) is 2.43. The summed E-state index contributed by atoms with van der Waals surface area (Å²) in [6, 6.07) is 12.3. The van der Waals surface area contributed by atoms with Crippen molar-refractivity contribution < 1.29 is 4.79 Å². The van der Waals surface area contributed by atoms with Crippen molar-refractivity contribution in [2.75, 3.05) is 11.9 Å². The van der Waals surface area contributed by atoms with E-state index in [2.05, 4.69) is 5.32 Å². The first-order valence-corrected chi connectivity index (χ1v) is 6.92. The van der Waals surface area contributed by atoms with Gasteiger partial charge in [-0.15, -0.1) is 0 Å². The third-order valence-corrected chi connectivity index (χ3v) is 3.40. The van der Waals surface area contributed by atoms with Crippen molar-refractivity contribution in [2.24, 2.45) is 5.73 Å². The van der Waals surface area contributed by atoms with Gasteiger partial charge in [0, 0.05) is 10.6 Å². The minimum absolute atomic E-state index is 0.210. The first-order valence-electron chi connectivity index (χ1n) is 6.16. The first kappa shape index (κ1) is 14.9. The van der Waals surface area contributed by atoms with Crippen LogP contribution in [0.2, 0.25) is 10.0 Å². The zero-order valence-corrected chi connectivity index (χ0v) is 12.2. The lowest BCUT2D eigenvalue weighted by atomic mass is 10.0. The Hall–Kier alpha value is -1.55. The van der Waals surface area contributed by atoms with Crippen LogP contribution in [-0.2, 0) is 6.42 Å². The molecule has 104 valence electrons. The fraction of sp³-hybridized carbons (Fsp3) is 0.133. The van der Waals surface area contributed by atoms with Gasteiger partial charge in [-0.25, -0.2) is 0 Å². The molecule has 0 aromatic heterocycles. The van der Waals surface area contributed by atoms with Crippen molar-refractivity contribution >= 4 is 34.8 Å². The quantitative estimate of drug-likeness (QED) is 0.904. The minimum Gasteiger partial charge on any atom is -0.330 e. The SMILES string of the molecule is NCCc1ccccc1C(=O)Nc1ccc(Cl)cc1Cl. The van der Waals surface area contributed by atoms with Crippen LogP contribution >= 0.6 is 23.2 Å². The molecule has 0 spiro atoms. The summed E-state index contributed by atoms with van der Waals surface area (Å²) >= 11 is 11.9. The number of carbonyl (C=O) groups is 1. The molecule has 0 saturated carbocycles. The van der Waals surface area contributed by atoms with E-state index in [1.165, 1.54) is 0 Å². The third-order valence-electron chi connectivity index (χ3n) is 2.85. The number of halogens is 2. The largest absolute Gasteiger partial charge is 0.330 e. The zero-order chi connectivity index (χ0) is 14.5. The molecule has 3 nitrogen and oxygen atoms in total. The molecule has 0 bridgehead atoms. The molecule has 1 amide bonds. The van der Waals surface area contributed by atoms with E-state index in [1.807, 2.05) is 18.2 Å². The summed E-state index contributed by atoms with van der Waals surface area (Å²) in [5.41, 5.74) is 7.60. The molecule has 2 aromatic rings. The number of benzene rings is 2. The Balaban J connectivity index is 2.24. The summed E-state index contributed by atoms with van der Waals surface area (Å²) in [4.78, 5) is 12.3. The maximum Gasteiger partial charge on any atom is 0.255 e. The predicted molar refractivity (Wildman–Crippen MR) is 83.6 cm³/mol. The molecule has 0 atom stereocenters. The van der Waals surface area contributed by atoms with E-state index in [0.29, 0.717) is 34.3 Å². The van der Waals surface area contributed by atoms with Gasteiger partial charge in [-0.1, -0.05) is 41.4 Å². The summed E-state index contributed by atoms with van der Waals surface area (Å²) in [6.45, 7) is 0.492. The van der Waals surface area contributed by atoms with Crippen LogP contribution in [0.5, 0.6) is 0 Å². The molecule has 0 aliphatic carbocycles. The zero-order valence-electron chi connectivity index (χ0n) is 10.7. The fourth-order valence-electron chi connectivity index (χ4n) is 1.90. The summed E-state index contributed by atoms with van der Waals surface area (Å²) < 4.78 is 0. The average molecular weight is 309 g/mol. The molecular formula is C15H14Cl2N2O. The Kier molecular flexibility index (Phi) is 5.01. The van der Waals surface area contributed by atoms with Gasteiger partial charge in [0.2, 0.25) is 0 Å². The maximum atomic E-state index is 12.3. The summed E-state index contributed by atoms with van der Waals surface area (Å²) in [6.07, 6.45) is 0.651. The molecule has 0 unspecified atom stereocenters. The number of nitrogens with two attached hydrogens (primary N) is 1.